The van der Waals surface area contributed by atoms with Gasteiger partial charge in [0.1, 0.15) is 0 Å². The van der Waals surface area contributed by atoms with E-state index in [1.807, 2.05) is 6.92 Å². The molecule has 0 bridgehead atoms. The van der Waals surface area contributed by atoms with Gasteiger partial charge in [-0.1, -0.05) is 13.3 Å². The molecule has 0 saturated carbocycles. The monoisotopic (exact) mass is 184 g/mol. The Morgan fingerprint density at radius 3 is 2.92 bits per heavy atom. The van der Waals surface area contributed by atoms with E-state index >= 15 is 0 Å². The molecule has 2 N–H and O–H groups in total. The molecular formula is C10H20N2O. The standard InChI is InChI=1S/C10H20N2O/c1-3-8(2)12-10(13)9-6-4-5-7-11-9/h8-9,11H,3-7H2,1-2H3,(H,12,13)/t8-,9+/m1/s1. The molecule has 1 aliphatic rings. The summed E-state index contributed by atoms with van der Waals surface area (Å²) in [6, 6.07) is 0.360. The Balaban J connectivity index is 2.29. The van der Waals surface area contributed by atoms with Crippen LogP contribution in [0.3, 0.4) is 0 Å². The number of carbonyl (C=O) groups excluding carboxylic acids is 1. The number of amides is 1. The number of hydrogen-bond acceptors (Lipinski definition) is 2. The van der Waals surface area contributed by atoms with Gasteiger partial charge in [-0.3, -0.25) is 4.79 Å². The van der Waals surface area contributed by atoms with Gasteiger partial charge < -0.3 is 10.6 Å². The van der Waals surface area contributed by atoms with Crippen LogP contribution in [0.25, 0.3) is 0 Å². The number of piperidine rings is 1. The van der Waals surface area contributed by atoms with Gasteiger partial charge in [-0.15, -0.1) is 0 Å². The van der Waals surface area contributed by atoms with Gasteiger partial charge in [0.25, 0.3) is 0 Å². The van der Waals surface area contributed by atoms with Crippen LogP contribution in [0.4, 0.5) is 0 Å². The molecule has 0 aliphatic carbocycles. The summed E-state index contributed by atoms with van der Waals surface area (Å²) in [4.78, 5) is 11.6. The van der Waals surface area contributed by atoms with Gasteiger partial charge in [-0.05, 0) is 32.7 Å². The minimum Gasteiger partial charge on any atom is -0.352 e. The zero-order valence-corrected chi connectivity index (χ0v) is 8.60. The number of carbonyl (C=O) groups is 1. The summed E-state index contributed by atoms with van der Waals surface area (Å²) in [5, 5.41) is 6.23. The van der Waals surface area contributed by atoms with Crippen molar-refractivity contribution in [2.75, 3.05) is 6.54 Å². The molecule has 0 aromatic carbocycles. The fourth-order valence-electron chi connectivity index (χ4n) is 1.52. The van der Waals surface area contributed by atoms with Gasteiger partial charge >= 0.3 is 0 Å². The summed E-state index contributed by atoms with van der Waals surface area (Å²) in [5.74, 6) is 0.175. The fourth-order valence-corrected chi connectivity index (χ4v) is 1.52. The molecule has 1 saturated heterocycles. The van der Waals surface area contributed by atoms with Crippen LogP contribution in [0.5, 0.6) is 0 Å². The highest BCUT2D eigenvalue weighted by molar-refractivity contribution is 5.82. The topological polar surface area (TPSA) is 41.1 Å². The van der Waals surface area contributed by atoms with Gasteiger partial charge in [0.2, 0.25) is 5.91 Å². The van der Waals surface area contributed by atoms with E-state index in [9.17, 15) is 4.79 Å². The molecule has 13 heavy (non-hydrogen) atoms. The second-order valence-corrected chi connectivity index (χ2v) is 3.82. The molecule has 0 aromatic rings. The minimum absolute atomic E-state index is 0.0581. The van der Waals surface area contributed by atoms with Crippen molar-refractivity contribution in [1.82, 2.24) is 10.6 Å². The minimum atomic E-state index is 0.0581. The van der Waals surface area contributed by atoms with Crippen LogP contribution < -0.4 is 10.6 Å². The molecule has 2 atom stereocenters. The van der Waals surface area contributed by atoms with Gasteiger partial charge in [0.05, 0.1) is 6.04 Å². The van der Waals surface area contributed by atoms with E-state index in [-0.39, 0.29) is 11.9 Å². The third kappa shape index (κ3) is 3.35. The zero-order chi connectivity index (χ0) is 9.68. The third-order valence-electron chi connectivity index (χ3n) is 2.63. The quantitative estimate of drug-likeness (QED) is 0.688. The molecule has 1 fully saturated rings. The van der Waals surface area contributed by atoms with E-state index in [4.69, 9.17) is 0 Å². The predicted octanol–water partition coefficient (Wildman–Crippen LogP) is 1.04. The van der Waals surface area contributed by atoms with E-state index in [1.54, 1.807) is 0 Å². The van der Waals surface area contributed by atoms with Crippen molar-refractivity contribution in [3.63, 3.8) is 0 Å². The molecule has 1 amide bonds. The van der Waals surface area contributed by atoms with Crippen molar-refractivity contribution >= 4 is 5.91 Å². The lowest BCUT2D eigenvalue weighted by molar-refractivity contribution is -0.124. The molecule has 3 heteroatoms. The van der Waals surface area contributed by atoms with Crippen LogP contribution in [-0.2, 0) is 4.79 Å². The Bertz CT molecular complexity index is 164. The molecule has 1 heterocycles. The lowest BCUT2D eigenvalue weighted by Crippen LogP contribution is -2.48. The first-order valence-corrected chi connectivity index (χ1v) is 5.27. The summed E-state index contributed by atoms with van der Waals surface area (Å²) in [7, 11) is 0. The second kappa shape index (κ2) is 5.22. The summed E-state index contributed by atoms with van der Waals surface area (Å²) < 4.78 is 0. The Morgan fingerprint density at radius 2 is 2.38 bits per heavy atom. The highest BCUT2D eigenvalue weighted by atomic mass is 16.2. The number of rotatable bonds is 3. The highest BCUT2D eigenvalue weighted by Gasteiger charge is 2.20. The Hall–Kier alpha value is -0.570. The maximum Gasteiger partial charge on any atom is 0.237 e. The average Bonchev–Trinajstić information content (AvgIpc) is 2.19. The van der Waals surface area contributed by atoms with Crippen molar-refractivity contribution < 1.29 is 4.79 Å². The first kappa shape index (κ1) is 10.5. The van der Waals surface area contributed by atoms with Crippen LogP contribution in [0, 0.1) is 0 Å². The lowest BCUT2D eigenvalue weighted by Gasteiger charge is -2.24. The number of nitrogens with one attached hydrogen (secondary N) is 2. The van der Waals surface area contributed by atoms with E-state index in [1.165, 1.54) is 12.8 Å². The molecule has 1 aliphatic heterocycles. The summed E-state index contributed by atoms with van der Waals surface area (Å²) in [5.41, 5.74) is 0. The van der Waals surface area contributed by atoms with Gasteiger partial charge in [-0.2, -0.15) is 0 Å². The molecule has 3 nitrogen and oxygen atoms in total. The summed E-state index contributed by atoms with van der Waals surface area (Å²) in [6.07, 6.45) is 4.36. The van der Waals surface area contributed by atoms with E-state index in [2.05, 4.69) is 17.6 Å². The second-order valence-electron chi connectivity index (χ2n) is 3.82. The molecule has 1 rings (SSSR count). The Labute approximate surface area is 80.3 Å². The third-order valence-corrected chi connectivity index (χ3v) is 2.63. The maximum absolute atomic E-state index is 11.6. The highest BCUT2D eigenvalue weighted by Crippen LogP contribution is 2.07. The van der Waals surface area contributed by atoms with Gasteiger partial charge in [0, 0.05) is 6.04 Å². The van der Waals surface area contributed by atoms with E-state index in [0.717, 1.165) is 19.4 Å². The first-order chi connectivity index (χ1) is 6.24. The van der Waals surface area contributed by atoms with Crippen LogP contribution in [-0.4, -0.2) is 24.5 Å². The van der Waals surface area contributed by atoms with Crippen LogP contribution in [0.15, 0.2) is 0 Å². The molecule has 76 valence electrons. The van der Waals surface area contributed by atoms with Crippen molar-refractivity contribution in [2.45, 2.75) is 51.6 Å². The van der Waals surface area contributed by atoms with Crippen molar-refractivity contribution in [3.8, 4) is 0 Å². The maximum atomic E-state index is 11.6. The van der Waals surface area contributed by atoms with E-state index in [0.29, 0.717) is 6.04 Å². The summed E-state index contributed by atoms with van der Waals surface area (Å²) in [6.45, 7) is 5.11. The smallest absolute Gasteiger partial charge is 0.237 e. The van der Waals surface area contributed by atoms with Crippen LogP contribution >= 0.6 is 0 Å². The molecule has 0 aromatic heterocycles. The van der Waals surface area contributed by atoms with Gasteiger partial charge in [0.15, 0.2) is 0 Å². The Morgan fingerprint density at radius 1 is 1.62 bits per heavy atom. The zero-order valence-electron chi connectivity index (χ0n) is 8.60. The lowest BCUT2D eigenvalue weighted by atomic mass is 10.0. The number of hydrogen-bond donors (Lipinski definition) is 2. The molecule has 0 radical (unpaired) electrons. The van der Waals surface area contributed by atoms with E-state index < -0.39 is 0 Å². The Kier molecular flexibility index (Phi) is 4.22. The van der Waals surface area contributed by atoms with Crippen LogP contribution in [0.1, 0.15) is 39.5 Å². The van der Waals surface area contributed by atoms with Crippen molar-refractivity contribution in [3.05, 3.63) is 0 Å². The fraction of sp³-hybridized carbons (Fsp3) is 0.900. The normalized spacial score (nSPS) is 25.2. The van der Waals surface area contributed by atoms with Gasteiger partial charge in [-0.25, -0.2) is 0 Å². The molecular weight excluding hydrogens is 164 g/mol. The van der Waals surface area contributed by atoms with Crippen LogP contribution in [0.2, 0.25) is 0 Å². The molecule has 0 unspecified atom stereocenters. The molecule has 0 spiro atoms. The van der Waals surface area contributed by atoms with Crippen molar-refractivity contribution in [1.29, 1.82) is 0 Å². The predicted molar refractivity (Wildman–Crippen MR) is 53.5 cm³/mol. The average molecular weight is 184 g/mol. The first-order valence-electron chi connectivity index (χ1n) is 5.27. The van der Waals surface area contributed by atoms with Crippen molar-refractivity contribution in [2.24, 2.45) is 0 Å². The summed E-state index contributed by atoms with van der Waals surface area (Å²) >= 11 is 0. The SMILES string of the molecule is CC[C@@H](C)NC(=O)[C@@H]1CCCCN1. The largest absolute Gasteiger partial charge is 0.352 e.